The van der Waals surface area contributed by atoms with E-state index < -0.39 is 18.7 Å². The van der Waals surface area contributed by atoms with Gasteiger partial charge in [0.1, 0.15) is 5.56 Å². The van der Waals surface area contributed by atoms with Crippen molar-refractivity contribution in [2.24, 2.45) is 5.73 Å². The molecule has 0 amide bonds. The molecule has 1 aromatic carbocycles. The molecule has 0 radical (unpaired) electrons. The van der Waals surface area contributed by atoms with Crippen molar-refractivity contribution in [3.05, 3.63) is 23.3 Å². The van der Waals surface area contributed by atoms with Crippen LogP contribution in [-0.2, 0) is 20.7 Å². The lowest BCUT2D eigenvalue weighted by molar-refractivity contribution is -0.149. The molecule has 0 fully saturated rings. The van der Waals surface area contributed by atoms with E-state index in [9.17, 15) is 9.59 Å². The summed E-state index contributed by atoms with van der Waals surface area (Å²) >= 11 is 0. The van der Waals surface area contributed by atoms with Crippen molar-refractivity contribution in [2.75, 3.05) is 27.6 Å². The maximum atomic E-state index is 12.2. The highest BCUT2D eigenvalue weighted by Gasteiger charge is 2.22. The number of benzene rings is 1. The second-order valence-electron chi connectivity index (χ2n) is 4.06. The number of carbonyl (C=O) groups excluding carboxylic acids is 2. The van der Waals surface area contributed by atoms with Crippen LogP contribution in [0.15, 0.2) is 12.1 Å². The van der Waals surface area contributed by atoms with Crippen LogP contribution < -0.4 is 15.2 Å². The van der Waals surface area contributed by atoms with E-state index in [1.165, 1.54) is 21.1 Å². The number of rotatable bonds is 7. The molecule has 1 rings (SSSR count). The highest BCUT2D eigenvalue weighted by Crippen LogP contribution is 2.34. The molecule has 7 nitrogen and oxygen atoms in total. The van der Waals surface area contributed by atoms with Crippen LogP contribution in [0.4, 0.5) is 0 Å². The predicted octanol–water partition coefficient (Wildman–Crippen LogP) is 0.882. The molecule has 0 bridgehead atoms. The van der Waals surface area contributed by atoms with Crippen molar-refractivity contribution in [3.63, 3.8) is 0 Å². The van der Waals surface area contributed by atoms with Gasteiger partial charge in [0.25, 0.3) is 0 Å². The topological polar surface area (TPSA) is 97.1 Å². The van der Waals surface area contributed by atoms with Gasteiger partial charge >= 0.3 is 11.9 Å². The average molecular weight is 297 g/mol. The first-order valence-corrected chi connectivity index (χ1v) is 6.29. The number of esters is 2. The Kier molecular flexibility index (Phi) is 6.48. The summed E-state index contributed by atoms with van der Waals surface area (Å²) < 4.78 is 19.9. The third kappa shape index (κ3) is 4.35. The predicted molar refractivity (Wildman–Crippen MR) is 74.4 cm³/mol. The quantitative estimate of drug-likeness (QED) is 0.589. The van der Waals surface area contributed by atoms with Crippen LogP contribution >= 0.6 is 0 Å². The molecule has 21 heavy (non-hydrogen) atoms. The zero-order chi connectivity index (χ0) is 15.8. The lowest BCUT2D eigenvalue weighted by atomic mass is 10.0. The van der Waals surface area contributed by atoms with E-state index >= 15 is 0 Å². The molecule has 7 heteroatoms. The molecule has 2 N–H and O–H groups in total. The lowest BCUT2D eigenvalue weighted by Crippen LogP contribution is -2.16. The van der Waals surface area contributed by atoms with Crippen LogP contribution in [0.1, 0.15) is 22.8 Å². The number of methoxy groups -OCH3 is 2. The maximum absolute atomic E-state index is 12.2. The second kappa shape index (κ2) is 8.11. The Bertz CT molecular complexity index is 514. The fourth-order valence-corrected chi connectivity index (χ4v) is 1.79. The van der Waals surface area contributed by atoms with Crippen LogP contribution in [-0.4, -0.2) is 39.5 Å². The average Bonchev–Trinajstić information content (AvgIpc) is 2.46. The smallest absolute Gasteiger partial charge is 0.345 e. The van der Waals surface area contributed by atoms with Crippen molar-refractivity contribution in [1.82, 2.24) is 0 Å². The molecular weight excluding hydrogens is 278 g/mol. The molecule has 1 aromatic rings. The zero-order valence-electron chi connectivity index (χ0n) is 12.3. The number of nitrogens with two attached hydrogens (primary N) is 1. The minimum absolute atomic E-state index is 0.217. The zero-order valence-corrected chi connectivity index (χ0v) is 12.3. The van der Waals surface area contributed by atoms with E-state index in [-0.39, 0.29) is 11.3 Å². The number of carbonyl (C=O) groups is 2. The lowest BCUT2D eigenvalue weighted by Gasteiger charge is -2.15. The van der Waals surface area contributed by atoms with E-state index in [2.05, 4.69) is 4.74 Å². The van der Waals surface area contributed by atoms with E-state index in [0.29, 0.717) is 24.3 Å². The maximum Gasteiger partial charge on any atom is 0.345 e. The number of hydrogen-bond acceptors (Lipinski definition) is 7. The van der Waals surface area contributed by atoms with Crippen LogP contribution in [0.3, 0.4) is 0 Å². The Hall–Kier alpha value is -2.28. The highest BCUT2D eigenvalue weighted by molar-refractivity contribution is 5.95. The minimum atomic E-state index is -0.671. The summed E-state index contributed by atoms with van der Waals surface area (Å²) in [6.07, 6.45) is 0.471. The summed E-state index contributed by atoms with van der Waals surface area (Å²) in [4.78, 5) is 22.9. The molecule has 0 heterocycles. The van der Waals surface area contributed by atoms with Crippen molar-refractivity contribution < 1.29 is 28.5 Å². The molecular formula is C14H19NO6. The third-order valence-corrected chi connectivity index (χ3v) is 2.70. The van der Waals surface area contributed by atoms with E-state index in [4.69, 9.17) is 19.9 Å². The van der Waals surface area contributed by atoms with Gasteiger partial charge in [-0.1, -0.05) is 6.07 Å². The summed E-state index contributed by atoms with van der Waals surface area (Å²) in [6.45, 7) is 1.12. The highest BCUT2D eigenvalue weighted by atomic mass is 16.7. The van der Waals surface area contributed by atoms with Gasteiger partial charge in [-0.25, -0.2) is 4.79 Å². The molecule has 0 saturated heterocycles. The summed E-state index contributed by atoms with van der Waals surface area (Å²) in [5.41, 5.74) is 6.42. The van der Waals surface area contributed by atoms with Crippen LogP contribution in [0.2, 0.25) is 0 Å². The molecule has 0 aromatic heterocycles. The molecule has 0 atom stereocenters. The fourth-order valence-electron chi connectivity index (χ4n) is 1.79. The van der Waals surface area contributed by atoms with Gasteiger partial charge in [0, 0.05) is 6.92 Å². The van der Waals surface area contributed by atoms with Crippen molar-refractivity contribution in [3.8, 4) is 11.5 Å². The molecule has 0 spiro atoms. The molecule has 0 aliphatic rings. The summed E-state index contributed by atoms with van der Waals surface area (Å²) in [6, 6.07) is 3.41. The largest absolute Gasteiger partial charge is 0.493 e. The standard InChI is InChI=1S/C14H19NO6/c1-9(16)20-8-21-14(17)12-10(6-7-15)4-5-11(18-2)13(12)19-3/h4-5H,6-8,15H2,1-3H3. The third-order valence-electron chi connectivity index (χ3n) is 2.70. The Morgan fingerprint density at radius 1 is 1.14 bits per heavy atom. The molecule has 0 aliphatic heterocycles. The van der Waals surface area contributed by atoms with Gasteiger partial charge in [0.15, 0.2) is 11.5 Å². The first-order valence-electron chi connectivity index (χ1n) is 6.29. The Morgan fingerprint density at radius 2 is 1.86 bits per heavy atom. The van der Waals surface area contributed by atoms with Gasteiger partial charge in [0.2, 0.25) is 6.79 Å². The van der Waals surface area contributed by atoms with E-state index in [1.807, 2.05) is 0 Å². The monoisotopic (exact) mass is 297 g/mol. The first-order chi connectivity index (χ1) is 10.0. The van der Waals surface area contributed by atoms with Crippen LogP contribution in [0.25, 0.3) is 0 Å². The Morgan fingerprint density at radius 3 is 2.38 bits per heavy atom. The van der Waals surface area contributed by atoms with Gasteiger partial charge in [0.05, 0.1) is 14.2 Å². The van der Waals surface area contributed by atoms with Gasteiger partial charge in [-0.2, -0.15) is 0 Å². The van der Waals surface area contributed by atoms with Gasteiger partial charge in [-0.15, -0.1) is 0 Å². The summed E-state index contributed by atoms with van der Waals surface area (Å²) in [5, 5.41) is 0. The summed E-state index contributed by atoms with van der Waals surface area (Å²) in [5.74, 6) is -0.549. The molecule has 0 saturated carbocycles. The van der Waals surface area contributed by atoms with Crippen molar-refractivity contribution >= 4 is 11.9 Å². The minimum Gasteiger partial charge on any atom is -0.493 e. The van der Waals surface area contributed by atoms with Crippen LogP contribution in [0.5, 0.6) is 11.5 Å². The number of hydrogen-bond donors (Lipinski definition) is 1. The van der Waals surface area contributed by atoms with E-state index in [1.54, 1.807) is 12.1 Å². The Balaban J connectivity index is 3.09. The Labute approximate surface area is 122 Å². The molecule has 116 valence electrons. The molecule has 0 aliphatic carbocycles. The second-order valence-corrected chi connectivity index (χ2v) is 4.06. The molecule has 0 unspecified atom stereocenters. The van der Waals surface area contributed by atoms with Gasteiger partial charge < -0.3 is 24.7 Å². The van der Waals surface area contributed by atoms with E-state index in [0.717, 1.165) is 0 Å². The normalized spacial score (nSPS) is 9.90. The van der Waals surface area contributed by atoms with Crippen LogP contribution in [0, 0.1) is 0 Å². The fraction of sp³-hybridized carbons (Fsp3) is 0.429. The van der Waals surface area contributed by atoms with Crippen molar-refractivity contribution in [2.45, 2.75) is 13.3 Å². The van der Waals surface area contributed by atoms with Gasteiger partial charge in [-0.05, 0) is 24.6 Å². The van der Waals surface area contributed by atoms with Gasteiger partial charge in [-0.3, -0.25) is 4.79 Å². The number of ether oxygens (including phenoxy) is 4. The summed E-state index contributed by atoms with van der Waals surface area (Å²) in [7, 11) is 2.89. The van der Waals surface area contributed by atoms with Crippen molar-refractivity contribution in [1.29, 1.82) is 0 Å². The SMILES string of the molecule is COc1ccc(CCN)c(C(=O)OCOC(C)=O)c1OC. The first kappa shape index (κ1) is 16.8.